The number of benzene rings is 1. The van der Waals surface area contributed by atoms with E-state index in [-0.39, 0.29) is 17.8 Å². The van der Waals surface area contributed by atoms with E-state index in [4.69, 9.17) is 19.3 Å². The molecule has 2 heterocycles. The molecule has 9 nitrogen and oxygen atoms in total. The van der Waals surface area contributed by atoms with Gasteiger partial charge in [-0.05, 0) is 25.1 Å². The largest absolute Gasteiger partial charge is 0.490 e. The van der Waals surface area contributed by atoms with Gasteiger partial charge in [-0.15, -0.1) is 0 Å². The monoisotopic (exact) mass is 389 g/mol. The Kier molecular flexibility index (Phi) is 6.15. The molecule has 9 heteroatoms. The predicted molar refractivity (Wildman–Crippen MR) is 98.5 cm³/mol. The van der Waals surface area contributed by atoms with Gasteiger partial charge < -0.3 is 24.2 Å². The van der Waals surface area contributed by atoms with Crippen molar-refractivity contribution < 1.29 is 28.9 Å². The first-order valence-electron chi connectivity index (χ1n) is 8.98. The van der Waals surface area contributed by atoms with Gasteiger partial charge in [0.2, 0.25) is 0 Å². The molecule has 1 saturated heterocycles. The molecule has 1 fully saturated rings. The lowest BCUT2D eigenvalue weighted by molar-refractivity contribution is -0.139. The van der Waals surface area contributed by atoms with Crippen LogP contribution in [0.5, 0.6) is 11.5 Å². The minimum atomic E-state index is -1.09. The van der Waals surface area contributed by atoms with Crippen molar-refractivity contribution in [1.29, 1.82) is 0 Å². The van der Waals surface area contributed by atoms with Crippen LogP contribution in [0.1, 0.15) is 28.9 Å². The molecule has 150 valence electrons. The van der Waals surface area contributed by atoms with Gasteiger partial charge in [0.05, 0.1) is 26.0 Å². The molecule has 1 atom stereocenters. The molecule has 0 spiro atoms. The second-order valence-electron chi connectivity index (χ2n) is 6.33. The molecule has 0 aliphatic carbocycles. The molecule has 1 aliphatic rings. The summed E-state index contributed by atoms with van der Waals surface area (Å²) < 4.78 is 18.2. The van der Waals surface area contributed by atoms with Crippen LogP contribution < -0.4 is 9.47 Å². The van der Waals surface area contributed by atoms with Gasteiger partial charge in [0.25, 0.3) is 5.91 Å². The SMILES string of the molecule is CCOc1cc(C(=O)N2CCOC(c3cnn(C)c3)C2)ccc1OCC(=O)O. The molecule has 1 unspecified atom stereocenters. The Morgan fingerprint density at radius 2 is 2.14 bits per heavy atom. The highest BCUT2D eigenvalue weighted by Gasteiger charge is 2.27. The first kappa shape index (κ1) is 19.7. The Labute approximate surface area is 162 Å². The van der Waals surface area contributed by atoms with E-state index in [9.17, 15) is 9.59 Å². The lowest BCUT2D eigenvalue weighted by atomic mass is 10.1. The van der Waals surface area contributed by atoms with Gasteiger partial charge in [-0.2, -0.15) is 5.10 Å². The smallest absolute Gasteiger partial charge is 0.341 e. The number of carboxylic acids is 1. The van der Waals surface area contributed by atoms with Crippen LogP contribution in [-0.2, 0) is 16.6 Å². The summed E-state index contributed by atoms with van der Waals surface area (Å²) in [5, 5.41) is 12.9. The van der Waals surface area contributed by atoms with Crippen molar-refractivity contribution >= 4 is 11.9 Å². The summed E-state index contributed by atoms with van der Waals surface area (Å²) in [5.74, 6) is -0.608. The summed E-state index contributed by atoms with van der Waals surface area (Å²) in [7, 11) is 1.83. The fourth-order valence-corrected chi connectivity index (χ4v) is 2.99. The number of carbonyl (C=O) groups is 2. The number of nitrogens with zero attached hydrogens (tertiary/aromatic N) is 3. The van der Waals surface area contributed by atoms with Crippen molar-refractivity contribution in [3.63, 3.8) is 0 Å². The van der Waals surface area contributed by atoms with Crippen LogP contribution in [0.25, 0.3) is 0 Å². The minimum absolute atomic E-state index is 0.150. The Morgan fingerprint density at radius 1 is 1.32 bits per heavy atom. The summed E-state index contributed by atoms with van der Waals surface area (Å²) in [6.45, 7) is 3.02. The molecule has 3 rings (SSSR count). The van der Waals surface area contributed by atoms with Gasteiger partial charge in [0.15, 0.2) is 18.1 Å². The number of aromatic nitrogens is 2. The summed E-state index contributed by atoms with van der Waals surface area (Å²) in [6, 6.07) is 4.74. The number of morpholine rings is 1. The standard InChI is InChI=1S/C19H23N3O6/c1-3-26-16-8-13(4-5-15(16)28-12-18(23)24)19(25)22-6-7-27-17(11-22)14-9-20-21(2)10-14/h4-5,8-10,17H,3,6-7,11-12H2,1-2H3,(H,23,24). The zero-order chi connectivity index (χ0) is 20.1. The minimum Gasteiger partial charge on any atom is -0.490 e. The number of rotatable bonds is 7. The zero-order valence-electron chi connectivity index (χ0n) is 15.8. The summed E-state index contributed by atoms with van der Waals surface area (Å²) in [5.41, 5.74) is 1.37. The fourth-order valence-electron chi connectivity index (χ4n) is 2.99. The Hall–Kier alpha value is -3.07. The second kappa shape index (κ2) is 8.75. The third kappa shape index (κ3) is 4.61. The van der Waals surface area contributed by atoms with Gasteiger partial charge in [0, 0.05) is 30.9 Å². The number of ether oxygens (including phenoxy) is 3. The molecule has 1 aromatic carbocycles. The van der Waals surface area contributed by atoms with Crippen molar-refractivity contribution in [3.05, 3.63) is 41.7 Å². The van der Waals surface area contributed by atoms with E-state index in [1.807, 2.05) is 13.2 Å². The van der Waals surface area contributed by atoms with Crippen LogP contribution in [0.4, 0.5) is 0 Å². The van der Waals surface area contributed by atoms with E-state index in [1.54, 1.807) is 40.9 Å². The topological polar surface area (TPSA) is 103 Å². The quantitative estimate of drug-likeness (QED) is 0.765. The van der Waals surface area contributed by atoms with Gasteiger partial charge in [-0.25, -0.2) is 4.79 Å². The molecule has 0 saturated carbocycles. The van der Waals surface area contributed by atoms with E-state index in [0.29, 0.717) is 37.6 Å². The van der Waals surface area contributed by atoms with Crippen LogP contribution in [-0.4, -0.2) is 64.6 Å². The molecule has 0 radical (unpaired) electrons. The maximum atomic E-state index is 13.0. The van der Waals surface area contributed by atoms with Crippen LogP contribution >= 0.6 is 0 Å². The number of hydrogen-bond acceptors (Lipinski definition) is 6. The number of aryl methyl sites for hydroxylation is 1. The van der Waals surface area contributed by atoms with Crippen molar-refractivity contribution in [2.75, 3.05) is 32.9 Å². The highest BCUT2D eigenvalue weighted by molar-refractivity contribution is 5.95. The first-order valence-corrected chi connectivity index (χ1v) is 8.98. The van der Waals surface area contributed by atoms with Crippen LogP contribution in [0.3, 0.4) is 0 Å². The Balaban J connectivity index is 1.75. The summed E-state index contributed by atoms with van der Waals surface area (Å²) in [4.78, 5) is 25.4. The lowest BCUT2D eigenvalue weighted by Gasteiger charge is -2.32. The second-order valence-corrected chi connectivity index (χ2v) is 6.33. The van der Waals surface area contributed by atoms with Gasteiger partial charge in [0.1, 0.15) is 6.10 Å². The summed E-state index contributed by atoms with van der Waals surface area (Å²) in [6.07, 6.45) is 3.39. The average Bonchev–Trinajstić information content (AvgIpc) is 3.13. The third-order valence-electron chi connectivity index (χ3n) is 4.29. The number of carboxylic acid groups (broad SMARTS) is 1. The van der Waals surface area contributed by atoms with Crippen LogP contribution in [0, 0.1) is 0 Å². The zero-order valence-corrected chi connectivity index (χ0v) is 15.8. The molecule has 1 aliphatic heterocycles. The molecule has 28 heavy (non-hydrogen) atoms. The molecule has 0 bridgehead atoms. The van der Waals surface area contributed by atoms with Crippen molar-refractivity contribution in [2.24, 2.45) is 7.05 Å². The number of amides is 1. The Bertz CT molecular complexity index is 850. The van der Waals surface area contributed by atoms with E-state index in [0.717, 1.165) is 5.56 Å². The maximum Gasteiger partial charge on any atom is 0.341 e. The van der Waals surface area contributed by atoms with Crippen molar-refractivity contribution in [3.8, 4) is 11.5 Å². The molecule has 1 aromatic heterocycles. The van der Waals surface area contributed by atoms with E-state index < -0.39 is 12.6 Å². The molecular weight excluding hydrogens is 366 g/mol. The van der Waals surface area contributed by atoms with E-state index >= 15 is 0 Å². The molecule has 1 amide bonds. The molecular formula is C19H23N3O6. The predicted octanol–water partition coefficient (Wildman–Crippen LogP) is 1.50. The molecule has 1 N–H and O–H groups in total. The number of hydrogen-bond donors (Lipinski definition) is 1. The molecule has 2 aromatic rings. The van der Waals surface area contributed by atoms with Crippen molar-refractivity contribution in [1.82, 2.24) is 14.7 Å². The Morgan fingerprint density at radius 3 is 2.82 bits per heavy atom. The highest BCUT2D eigenvalue weighted by Crippen LogP contribution is 2.30. The number of carbonyl (C=O) groups excluding carboxylic acids is 1. The van der Waals surface area contributed by atoms with Crippen LogP contribution in [0.15, 0.2) is 30.6 Å². The lowest BCUT2D eigenvalue weighted by Crippen LogP contribution is -2.42. The third-order valence-corrected chi connectivity index (χ3v) is 4.29. The number of aliphatic carboxylic acids is 1. The van der Waals surface area contributed by atoms with Crippen LogP contribution in [0.2, 0.25) is 0 Å². The normalized spacial score (nSPS) is 16.6. The van der Waals surface area contributed by atoms with E-state index in [2.05, 4.69) is 5.10 Å². The summed E-state index contributed by atoms with van der Waals surface area (Å²) >= 11 is 0. The van der Waals surface area contributed by atoms with Gasteiger partial charge in [-0.3, -0.25) is 9.48 Å². The average molecular weight is 389 g/mol. The van der Waals surface area contributed by atoms with Gasteiger partial charge >= 0.3 is 5.97 Å². The van der Waals surface area contributed by atoms with E-state index in [1.165, 1.54) is 0 Å². The fraction of sp³-hybridized carbons (Fsp3) is 0.421. The highest BCUT2D eigenvalue weighted by atomic mass is 16.5. The first-order chi connectivity index (χ1) is 13.5. The van der Waals surface area contributed by atoms with Crippen molar-refractivity contribution in [2.45, 2.75) is 13.0 Å². The maximum absolute atomic E-state index is 13.0. The van der Waals surface area contributed by atoms with Gasteiger partial charge in [-0.1, -0.05) is 0 Å².